The zero-order valence-electron chi connectivity index (χ0n) is 25.3. The van der Waals surface area contributed by atoms with Crippen LogP contribution in [0.5, 0.6) is 11.5 Å². The van der Waals surface area contributed by atoms with Gasteiger partial charge in [-0.3, -0.25) is 4.90 Å². The molecule has 2 unspecified atom stereocenters. The first-order chi connectivity index (χ1) is 21.8. The standard InChI is InChI=1S/C37H36N2O5S/c1-26(40)37(44-35-14-8-13-34-36(35)32-11-6-7-12-33(32)38-34)39(25-28-9-4-3-5-10-28)24-23-27-15-19-30(20-16-27)45(41,42)31-21-17-29(43-2)18-22-31/h3-22,26,37-38,40H,23-25H2,1-2H3. The van der Waals surface area contributed by atoms with Crippen molar-refractivity contribution in [3.05, 3.63) is 132 Å². The number of nitrogens with one attached hydrogen (secondary N) is 1. The van der Waals surface area contributed by atoms with Gasteiger partial charge in [0.1, 0.15) is 17.6 Å². The average molecular weight is 621 g/mol. The molecule has 0 aliphatic heterocycles. The van der Waals surface area contributed by atoms with Crippen molar-refractivity contribution < 1.29 is 23.0 Å². The van der Waals surface area contributed by atoms with Crippen LogP contribution in [0.2, 0.25) is 0 Å². The fourth-order valence-electron chi connectivity index (χ4n) is 5.69. The molecule has 0 saturated heterocycles. The first kappa shape index (κ1) is 30.4. The molecular formula is C37H36N2O5S. The van der Waals surface area contributed by atoms with Crippen molar-refractivity contribution in [1.82, 2.24) is 9.88 Å². The number of aromatic nitrogens is 1. The number of H-pyrrole nitrogens is 1. The Kier molecular flexibility index (Phi) is 8.89. The average Bonchev–Trinajstić information content (AvgIpc) is 3.46. The van der Waals surface area contributed by atoms with Crippen LogP contribution in [-0.2, 0) is 22.8 Å². The number of fused-ring (bicyclic) bond motifs is 3. The molecule has 0 aliphatic rings. The number of aromatic amines is 1. The van der Waals surface area contributed by atoms with Gasteiger partial charge in [0.2, 0.25) is 9.84 Å². The Morgan fingerprint density at radius 3 is 2.09 bits per heavy atom. The Morgan fingerprint density at radius 1 is 0.756 bits per heavy atom. The minimum atomic E-state index is -3.66. The Balaban J connectivity index is 1.26. The summed E-state index contributed by atoms with van der Waals surface area (Å²) in [7, 11) is -2.12. The van der Waals surface area contributed by atoms with Crippen molar-refractivity contribution in [3.63, 3.8) is 0 Å². The van der Waals surface area contributed by atoms with Crippen molar-refractivity contribution in [1.29, 1.82) is 0 Å². The van der Waals surface area contributed by atoms with E-state index in [1.807, 2.05) is 66.7 Å². The minimum Gasteiger partial charge on any atom is -0.497 e. The molecule has 5 aromatic carbocycles. The lowest BCUT2D eigenvalue weighted by Crippen LogP contribution is -2.47. The first-order valence-electron chi connectivity index (χ1n) is 14.9. The van der Waals surface area contributed by atoms with Crippen LogP contribution in [0.3, 0.4) is 0 Å². The van der Waals surface area contributed by atoms with Gasteiger partial charge in [-0.2, -0.15) is 0 Å². The lowest BCUT2D eigenvalue weighted by molar-refractivity contribution is -0.0613. The van der Waals surface area contributed by atoms with E-state index in [9.17, 15) is 13.5 Å². The molecule has 0 aliphatic carbocycles. The maximum atomic E-state index is 13.2. The third-order valence-electron chi connectivity index (χ3n) is 8.03. The van der Waals surface area contributed by atoms with Crippen molar-refractivity contribution in [3.8, 4) is 11.5 Å². The van der Waals surface area contributed by atoms with E-state index in [4.69, 9.17) is 9.47 Å². The molecule has 6 aromatic rings. The van der Waals surface area contributed by atoms with E-state index in [0.29, 0.717) is 31.0 Å². The van der Waals surface area contributed by atoms with Crippen LogP contribution in [0.15, 0.2) is 131 Å². The molecule has 0 spiro atoms. The van der Waals surface area contributed by atoms with E-state index in [1.165, 1.54) is 0 Å². The molecule has 6 rings (SSSR count). The summed E-state index contributed by atoms with van der Waals surface area (Å²) in [6.45, 7) is 2.87. The normalized spacial score (nSPS) is 13.2. The summed E-state index contributed by atoms with van der Waals surface area (Å²) in [6, 6.07) is 37.5. The maximum Gasteiger partial charge on any atom is 0.206 e. The first-order valence-corrected chi connectivity index (χ1v) is 16.4. The van der Waals surface area contributed by atoms with E-state index in [1.54, 1.807) is 50.4 Å². The molecular weight excluding hydrogens is 584 g/mol. The van der Waals surface area contributed by atoms with E-state index in [2.05, 4.69) is 28.1 Å². The molecule has 0 amide bonds. The third kappa shape index (κ3) is 6.59. The van der Waals surface area contributed by atoms with E-state index >= 15 is 0 Å². The number of aliphatic hydroxyl groups excluding tert-OH is 1. The van der Waals surface area contributed by atoms with Gasteiger partial charge in [-0.05, 0) is 79.1 Å². The molecule has 2 atom stereocenters. The second-order valence-corrected chi connectivity index (χ2v) is 13.1. The van der Waals surface area contributed by atoms with E-state index < -0.39 is 22.2 Å². The van der Waals surface area contributed by atoms with Crippen molar-refractivity contribution >= 4 is 31.6 Å². The molecule has 0 saturated carbocycles. The molecule has 1 heterocycles. The fourth-order valence-corrected chi connectivity index (χ4v) is 6.95. The predicted octanol–water partition coefficient (Wildman–Crippen LogP) is 6.99. The highest BCUT2D eigenvalue weighted by molar-refractivity contribution is 7.91. The van der Waals surface area contributed by atoms with Gasteiger partial charge >= 0.3 is 0 Å². The third-order valence-corrected chi connectivity index (χ3v) is 9.82. The number of aliphatic hydroxyl groups is 1. The van der Waals surface area contributed by atoms with Crippen LogP contribution in [0.4, 0.5) is 0 Å². The topological polar surface area (TPSA) is 91.9 Å². The summed E-state index contributed by atoms with van der Waals surface area (Å²) in [6.07, 6.45) is -0.815. The molecule has 0 bridgehead atoms. The van der Waals surface area contributed by atoms with Gasteiger partial charge in [0.25, 0.3) is 0 Å². The molecule has 45 heavy (non-hydrogen) atoms. The van der Waals surface area contributed by atoms with Crippen LogP contribution in [0.25, 0.3) is 21.8 Å². The second-order valence-electron chi connectivity index (χ2n) is 11.1. The fraction of sp³-hybridized carbons (Fsp3) is 0.189. The van der Waals surface area contributed by atoms with Crippen LogP contribution in [-0.4, -0.2) is 49.4 Å². The van der Waals surface area contributed by atoms with Crippen LogP contribution >= 0.6 is 0 Å². The van der Waals surface area contributed by atoms with E-state index in [0.717, 1.165) is 32.9 Å². The largest absolute Gasteiger partial charge is 0.497 e. The number of methoxy groups -OCH3 is 1. The summed E-state index contributed by atoms with van der Waals surface area (Å²) >= 11 is 0. The smallest absolute Gasteiger partial charge is 0.206 e. The van der Waals surface area contributed by atoms with Crippen LogP contribution < -0.4 is 9.47 Å². The highest BCUT2D eigenvalue weighted by atomic mass is 32.2. The van der Waals surface area contributed by atoms with Gasteiger partial charge in [-0.15, -0.1) is 0 Å². The predicted molar refractivity (Wildman–Crippen MR) is 177 cm³/mol. The second kappa shape index (κ2) is 13.2. The highest BCUT2D eigenvalue weighted by Gasteiger charge is 2.27. The SMILES string of the molecule is COc1ccc(S(=O)(=O)c2ccc(CCN(Cc3ccccc3)C(Oc3cccc4[nH]c5ccccc5c34)C(C)O)cc2)cc1. The molecule has 1 aromatic heterocycles. The summed E-state index contributed by atoms with van der Waals surface area (Å²) < 4.78 is 38.3. The molecule has 8 heteroatoms. The number of para-hydroxylation sites is 1. The number of ether oxygens (including phenoxy) is 2. The minimum absolute atomic E-state index is 0.215. The number of hydrogen-bond donors (Lipinski definition) is 2. The molecule has 0 radical (unpaired) electrons. The van der Waals surface area contributed by atoms with Gasteiger partial charge in [0, 0.05) is 29.4 Å². The Bertz CT molecular complexity index is 1990. The molecule has 230 valence electrons. The van der Waals surface area contributed by atoms with Crippen molar-refractivity contribution in [2.45, 2.75) is 42.0 Å². The van der Waals surface area contributed by atoms with E-state index in [-0.39, 0.29) is 9.79 Å². The lowest BCUT2D eigenvalue weighted by atomic mass is 10.1. The lowest BCUT2D eigenvalue weighted by Gasteiger charge is -2.34. The Hall–Kier alpha value is -4.63. The number of hydrogen-bond acceptors (Lipinski definition) is 6. The molecule has 7 nitrogen and oxygen atoms in total. The summed E-state index contributed by atoms with van der Waals surface area (Å²) in [5.74, 6) is 1.30. The molecule has 2 N–H and O–H groups in total. The molecule has 0 fully saturated rings. The van der Waals surface area contributed by atoms with Gasteiger partial charge in [0.05, 0.1) is 22.4 Å². The summed E-state index contributed by atoms with van der Waals surface area (Å²) in [4.78, 5) is 6.04. The zero-order chi connectivity index (χ0) is 31.4. The van der Waals surface area contributed by atoms with Gasteiger partial charge in [-0.1, -0.05) is 66.7 Å². The number of benzene rings is 5. The number of rotatable bonds is 12. The maximum absolute atomic E-state index is 13.2. The van der Waals surface area contributed by atoms with Crippen LogP contribution in [0.1, 0.15) is 18.1 Å². The van der Waals surface area contributed by atoms with Gasteiger partial charge < -0.3 is 19.6 Å². The van der Waals surface area contributed by atoms with Crippen LogP contribution in [0, 0.1) is 0 Å². The quantitative estimate of drug-likeness (QED) is 0.143. The monoisotopic (exact) mass is 620 g/mol. The summed E-state index contributed by atoms with van der Waals surface area (Å²) in [5, 5.41) is 13.1. The van der Waals surface area contributed by atoms with Crippen molar-refractivity contribution in [2.75, 3.05) is 13.7 Å². The summed E-state index contributed by atoms with van der Waals surface area (Å²) in [5.41, 5.74) is 4.07. The van der Waals surface area contributed by atoms with Gasteiger partial charge in [-0.25, -0.2) is 8.42 Å². The van der Waals surface area contributed by atoms with Gasteiger partial charge in [0.15, 0.2) is 6.23 Å². The Morgan fingerprint density at radius 2 is 1.40 bits per heavy atom. The Labute approximate surface area is 263 Å². The number of sulfone groups is 1. The van der Waals surface area contributed by atoms with Crippen molar-refractivity contribution in [2.24, 2.45) is 0 Å². The zero-order valence-corrected chi connectivity index (χ0v) is 26.1. The highest BCUT2D eigenvalue weighted by Crippen LogP contribution is 2.34. The number of nitrogens with zero attached hydrogens (tertiary/aromatic N) is 1.